The van der Waals surface area contributed by atoms with Crippen LogP contribution < -0.4 is 5.56 Å². The molecule has 0 bridgehead atoms. The summed E-state index contributed by atoms with van der Waals surface area (Å²) in [6.45, 7) is 12.4. The zero-order chi connectivity index (χ0) is 18.5. The van der Waals surface area contributed by atoms with E-state index in [1.54, 1.807) is 6.92 Å². The molecule has 0 aromatic carbocycles. The fourth-order valence-corrected chi connectivity index (χ4v) is 3.42. The molecule has 0 fully saturated rings. The Morgan fingerprint density at radius 3 is 2.48 bits per heavy atom. The second kappa shape index (κ2) is 5.99. The van der Waals surface area contributed by atoms with Crippen LogP contribution in [0, 0.1) is 12.8 Å². The lowest BCUT2D eigenvalue weighted by Gasteiger charge is -2.35. The lowest BCUT2D eigenvalue weighted by molar-refractivity contribution is 0.0943. The maximum Gasteiger partial charge on any atom is 0.248 e. The highest BCUT2D eigenvalue weighted by Crippen LogP contribution is 2.37. The van der Waals surface area contributed by atoms with Crippen LogP contribution in [0.25, 0.3) is 0 Å². The van der Waals surface area contributed by atoms with Crippen LogP contribution in [-0.4, -0.2) is 28.0 Å². The van der Waals surface area contributed by atoms with Gasteiger partial charge in [-0.15, -0.1) is 0 Å². The van der Waals surface area contributed by atoms with Gasteiger partial charge in [0.15, 0.2) is 5.78 Å². The van der Waals surface area contributed by atoms with Crippen LogP contribution >= 0.6 is 0 Å². The first kappa shape index (κ1) is 17.1. The number of hydrogen-bond acceptors (Lipinski definition) is 4. The van der Waals surface area contributed by atoms with Crippen molar-refractivity contribution in [1.29, 1.82) is 0 Å². The molecule has 0 radical (unpaired) electrons. The van der Waals surface area contributed by atoms with Crippen molar-refractivity contribution < 1.29 is 9.59 Å². The van der Waals surface area contributed by atoms with Gasteiger partial charge >= 0.3 is 0 Å². The predicted octanol–water partition coefficient (Wildman–Crippen LogP) is 3.14. The van der Waals surface area contributed by atoms with Crippen molar-refractivity contribution in [1.82, 2.24) is 9.88 Å². The number of aromatic nitrogens is 1. The van der Waals surface area contributed by atoms with E-state index < -0.39 is 0 Å². The molecule has 2 heterocycles. The molecule has 1 aliphatic carbocycles. The molecule has 25 heavy (non-hydrogen) atoms. The number of ketones is 2. The van der Waals surface area contributed by atoms with Crippen LogP contribution in [0.3, 0.4) is 0 Å². The van der Waals surface area contributed by atoms with E-state index in [0.29, 0.717) is 40.6 Å². The molecule has 0 unspecified atom stereocenters. The van der Waals surface area contributed by atoms with E-state index in [1.807, 2.05) is 17.9 Å². The number of carbonyl (C=O) groups is 2. The second-order valence-corrected chi connectivity index (χ2v) is 7.10. The molecule has 1 aromatic rings. The fourth-order valence-electron chi connectivity index (χ4n) is 3.42. The number of rotatable bonds is 3. The second-order valence-electron chi connectivity index (χ2n) is 7.10. The Hall–Kier alpha value is -2.69. The van der Waals surface area contributed by atoms with E-state index in [0.717, 1.165) is 12.0 Å². The van der Waals surface area contributed by atoms with E-state index in [2.05, 4.69) is 25.4 Å². The molecule has 0 saturated heterocycles. The molecule has 1 N–H and O–H groups in total. The van der Waals surface area contributed by atoms with Crippen molar-refractivity contribution in [3.8, 4) is 0 Å². The molecule has 0 amide bonds. The van der Waals surface area contributed by atoms with E-state index in [-0.39, 0.29) is 22.8 Å². The number of allylic oxidation sites excluding steroid dienone is 4. The Balaban J connectivity index is 2.21. The maximum absolute atomic E-state index is 13.2. The van der Waals surface area contributed by atoms with Crippen molar-refractivity contribution in [2.75, 3.05) is 6.54 Å². The summed E-state index contributed by atoms with van der Waals surface area (Å²) >= 11 is 0. The van der Waals surface area contributed by atoms with Crippen molar-refractivity contribution in [3.05, 3.63) is 68.4 Å². The highest BCUT2D eigenvalue weighted by atomic mass is 16.1. The van der Waals surface area contributed by atoms with Gasteiger partial charge in [-0.2, -0.15) is 0 Å². The molecular formula is C20H22N2O3. The Bertz CT molecular complexity index is 929. The average molecular weight is 338 g/mol. The zero-order valence-electron chi connectivity index (χ0n) is 15.0. The highest BCUT2D eigenvalue weighted by molar-refractivity contribution is 6.28. The summed E-state index contributed by atoms with van der Waals surface area (Å²) in [7, 11) is 0. The third-order valence-corrected chi connectivity index (χ3v) is 4.70. The lowest BCUT2D eigenvalue weighted by atomic mass is 9.82. The Kier molecular flexibility index (Phi) is 4.11. The van der Waals surface area contributed by atoms with Crippen molar-refractivity contribution in [3.63, 3.8) is 0 Å². The van der Waals surface area contributed by atoms with E-state index in [4.69, 9.17) is 0 Å². The van der Waals surface area contributed by atoms with Crippen LogP contribution in [0.5, 0.6) is 0 Å². The van der Waals surface area contributed by atoms with Crippen LogP contribution in [0.2, 0.25) is 0 Å². The van der Waals surface area contributed by atoms with Gasteiger partial charge in [0.05, 0.1) is 11.1 Å². The number of Topliss-reactive ketones (excluding diaryl/α,β-unsaturated/α-hetero) is 2. The van der Waals surface area contributed by atoms with Crippen molar-refractivity contribution in [2.24, 2.45) is 5.92 Å². The molecular weight excluding hydrogens is 316 g/mol. The van der Waals surface area contributed by atoms with Gasteiger partial charge in [-0.05, 0) is 43.4 Å². The third kappa shape index (κ3) is 2.69. The van der Waals surface area contributed by atoms with Gasteiger partial charge in [0, 0.05) is 18.3 Å². The van der Waals surface area contributed by atoms with Gasteiger partial charge in [-0.1, -0.05) is 20.4 Å². The van der Waals surface area contributed by atoms with E-state index in [1.165, 1.54) is 6.07 Å². The first-order valence-electron chi connectivity index (χ1n) is 8.45. The summed E-state index contributed by atoms with van der Waals surface area (Å²) in [5, 5.41) is 0. The number of nitrogens with one attached hydrogen (secondary N) is 1. The summed E-state index contributed by atoms with van der Waals surface area (Å²) in [4.78, 5) is 42.5. The maximum atomic E-state index is 13.2. The van der Waals surface area contributed by atoms with Gasteiger partial charge in [-0.25, -0.2) is 0 Å². The smallest absolute Gasteiger partial charge is 0.248 e. The molecule has 1 aliphatic heterocycles. The summed E-state index contributed by atoms with van der Waals surface area (Å²) in [5.41, 5.74) is 2.71. The molecule has 3 rings (SSSR count). The Morgan fingerprint density at radius 1 is 1.16 bits per heavy atom. The molecule has 1 aromatic heterocycles. The number of aryl methyl sites for hydroxylation is 1. The minimum absolute atomic E-state index is 0.0887. The normalized spacial score (nSPS) is 17.1. The number of pyridine rings is 1. The number of aromatic amines is 1. The van der Waals surface area contributed by atoms with Crippen LogP contribution in [0.1, 0.15) is 53.6 Å². The largest absolute Gasteiger partial charge is 0.338 e. The van der Waals surface area contributed by atoms with Crippen LogP contribution in [0.4, 0.5) is 0 Å². The highest BCUT2D eigenvalue weighted by Gasteiger charge is 2.39. The summed E-state index contributed by atoms with van der Waals surface area (Å²) < 4.78 is 0. The number of fused-ring (bicyclic) bond motifs is 1. The fraction of sp³-hybridized carbons (Fsp3) is 0.350. The molecule has 0 spiro atoms. The number of H-pyrrole nitrogens is 1. The monoisotopic (exact) mass is 338 g/mol. The molecule has 0 atom stereocenters. The first-order valence-corrected chi connectivity index (χ1v) is 8.45. The zero-order valence-corrected chi connectivity index (χ0v) is 15.0. The molecule has 5 nitrogen and oxygen atoms in total. The number of carbonyl (C=O) groups excluding carboxylic acids is 2. The predicted molar refractivity (Wildman–Crippen MR) is 96.5 cm³/mol. The SMILES string of the molecule is C=C1C=C(C)C2=C(C(=O)c3[nH]c(=O)cc(C)c3C2=O)N1CCC(C)C. The summed E-state index contributed by atoms with van der Waals surface area (Å²) in [6.07, 6.45) is 2.71. The van der Waals surface area contributed by atoms with Gasteiger partial charge in [-0.3, -0.25) is 14.4 Å². The number of nitrogens with zero attached hydrogens (tertiary/aromatic N) is 1. The van der Waals surface area contributed by atoms with E-state index >= 15 is 0 Å². The number of hydrogen-bond donors (Lipinski definition) is 1. The van der Waals surface area contributed by atoms with E-state index in [9.17, 15) is 14.4 Å². The van der Waals surface area contributed by atoms with Crippen LogP contribution in [-0.2, 0) is 0 Å². The quantitative estimate of drug-likeness (QED) is 0.919. The van der Waals surface area contributed by atoms with Gasteiger partial charge in [0.2, 0.25) is 11.3 Å². The summed E-state index contributed by atoms with van der Waals surface area (Å²) in [6, 6.07) is 1.35. The molecule has 2 aliphatic rings. The van der Waals surface area contributed by atoms with Crippen molar-refractivity contribution >= 4 is 11.6 Å². The molecule has 0 saturated carbocycles. The van der Waals surface area contributed by atoms with Gasteiger partial charge in [0.25, 0.3) is 0 Å². The standard InChI is InChI=1S/C20H22N2O3/c1-10(2)6-7-22-13(5)8-11(3)16-18(22)20(25)17-15(19(16)24)12(4)9-14(23)21-17/h8-10H,5-7H2,1-4H3,(H,21,23). The lowest BCUT2D eigenvalue weighted by Crippen LogP contribution is -2.38. The summed E-state index contributed by atoms with van der Waals surface area (Å²) in [5.74, 6) is -0.0792. The topological polar surface area (TPSA) is 70.2 Å². The average Bonchev–Trinajstić information content (AvgIpc) is 2.50. The first-order chi connectivity index (χ1) is 11.7. The minimum atomic E-state index is -0.378. The Labute approximate surface area is 146 Å². The van der Waals surface area contributed by atoms with Gasteiger partial charge in [0.1, 0.15) is 11.4 Å². The minimum Gasteiger partial charge on any atom is -0.338 e. The molecule has 130 valence electrons. The van der Waals surface area contributed by atoms with Crippen LogP contribution in [0.15, 0.2) is 46.1 Å². The van der Waals surface area contributed by atoms with Crippen molar-refractivity contribution in [2.45, 2.75) is 34.1 Å². The van der Waals surface area contributed by atoms with Gasteiger partial charge < -0.3 is 9.88 Å². The molecule has 5 heteroatoms. The Morgan fingerprint density at radius 2 is 1.84 bits per heavy atom. The third-order valence-electron chi connectivity index (χ3n) is 4.70.